The Morgan fingerprint density at radius 2 is 1.64 bits per heavy atom. The number of halogens is 1. The summed E-state index contributed by atoms with van der Waals surface area (Å²) >= 11 is 5.87. The normalized spacial score (nSPS) is 10.1. The second-order valence-electron chi connectivity index (χ2n) is 3.08. The summed E-state index contributed by atoms with van der Waals surface area (Å²) in [5.74, 6) is 0. The minimum absolute atomic E-state index is 0.679. The monoisotopic (exact) mass is 204 g/mol. The Labute approximate surface area is 87.6 Å². The Balaban J connectivity index is 2.49. The molecule has 70 valence electrons. The van der Waals surface area contributed by atoms with Crippen LogP contribution in [0.3, 0.4) is 0 Å². The smallest absolute Gasteiger partial charge is 0.0901 e. The van der Waals surface area contributed by atoms with Crippen molar-refractivity contribution in [3.63, 3.8) is 0 Å². The molecule has 0 amide bonds. The first-order chi connectivity index (χ1) is 6.75. The van der Waals surface area contributed by atoms with E-state index in [4.69, 9.17) is 11.6 Å². The summed E-state index contributed by atoms with van der Waals surface area (Å²) in [7, 11) is 0. The minimum Gasteiger partial charge on any atom is -0.255 e. The van der Waals surface area contributed by atoms with E-state index in [9.17, 15) is 0 Å². The molecule has 2 nitrogen and oxygen atoms in total. The number of aromatic nitrogens is 2. The number of rotatable bonds is 1. The number of nitrogens with zero attached hydrogens (tertiary/aromatic N) is 2. The van der Waals surface area contributed by atoms with Crippen LogP contribution >= 0.6 is 11.6 Å². The molecule has 0 atom stereocenters. The zero-order valence-corrected chi connectivity index (χ0v) is 8.49. The van der Waals surface area contributed by atoms with Gasteiger partial charge in [0.25, 0.3) is 0 Å². The lowest BCUT2D eigenvalue weighted by atomic mass is 10.2. The number of aryl methyl sites for hydroxylation is 1. The highest BCUT2D eigenvalue weighted by Gasteiger charge is 2.00. The molecular weight excluding hydrogens is 196 g/mol. The Bertz CT molecular complexity index is 411. The van der Waals surface area contributed by atoms with Gasteiger partial charge in [-0.15, -0.1) is 0 Å². The fourth-order valence-corrected chi connectivity index (χ4v) is 1.38. The molecule has 0 spiro atoms. The molecule has 0 N–H and O–H groups in total. The Kier molecular flexibility index (Phi) is 2.46. The van der Waals surface area contributed by atoms with Crippen LogP contribution in [0.1, 0.15) is 5.56 Å². The summed E-state index contributed by atoms with van der Waals surface area (Å²) in [5, 5.41) is 0.679. The summed E-state index contributed by atoms with van der Waals surface area (Å²) in [6, 6.07) is 7.50. The second kappa shape index (κ2) is 3.76. The van der Waals surface area contributed by atoms with Gasteiger partial charge >= 0.3 is 0 Å². The maximum absolute atomic E-state index is 5.87. The van der Waals surface area contributed by atoms with Gasteiger partial charge in [0.1, 0.15) is 0 Å². The molecule has 0 aliphatic carbocycles. The largest absolute Gasteiger partial charge is 0.255 e. The van der Waals surface area contributed by atoms with Crippen molar-refractivity contribution in [3.8, 4) is 11.4 Å². The molecule has 0 saturated carbocycles. The zero-order valence-electron chi connectivity index (χ0n) is 7.74. The Morgan fingerprint density at radius 1 is 1.00 bits per heavy atom. The highest BCUT2D eigenvalue weighted by molar-refractivity contribution is 6.30. The van der Waals surface area contributed by atoms with Gasteiger partial charge in [-0.2, -0.15) is 0 Å². The number of pyridine rings is 2. The lowest BCUT2D eigenvalue weighted by molar-refractivity contribution is 1.23. The second-order valence-corrected chi connectivity index (χ2v) is 3.51. The van der Waals surface area contributed by atoms with Gasteiger partial charge in [-0.05, 0) is 36.8 Å². The molecule has 0 radical (unpaired) electrons. The highest BCUT2D eigenvalue weighted by Crippen LogP contribution is 2.18. The van der Waals surface area contributed by atoms with E-state index < -0.39 is 0 Å². The number of hydrogen-bond acceptors (Lipinski definition) is 2. The molecule has 0 aliphatic rings. The van der Waals surface area contributed by atoms with Gasteiger partial charge in [0.2, 0.25) is 0 Å². The third kappa shape index (κ3) is 1.91. The van der Waals surface area contributed by atoms with Crippen molar-refractivity contribution in [3.05, 3.63) is 47.2 Å². The van der Waals surface area contributed by atoms with E-state index in [0.717, 1.165) is 17.0 Å². The first-order valence-electron chi connectivity index (χ1n) is 4.30. The van der Waals surface area contributed by atoms with Crippen molar-refractivity contribution in [2.24, 2.45) is 0 Å². The quantitative estimate of drug-likeness (QED) is 0.714. The van der Waals surface area contributed by atoms with Crippen LogP contribution in [0.4, 0.5) is 0 Å². The van der Waals surface area contributed by atoms with Crippen LogP contribution in [0.25, 0.3) is 11.4 Å². The van der Waals surface area contributed by atoms with Gasteiger partial charge in [0.15, 0.2) is 0 Å². The molecule has 0 aliphatic heterocycles. The van der Waals surface area contributed by atoms with Gasteiger partial charge in [-0.25, -0.2) is 0 Å². The average Bonchev–Trinajstić information content (AvgIpc) is 2.18. The van der Waals surface area contributed by atoms with E-state index in [-0.39, 0.29) is 0 Å². The van der Waals surface area contributed by atoms with E-state index in [1.54, 1.807) is 18.5 Å². The summed E-state index contributed by atoms with van der Waals surface area (Å²) < 4.78 is 0. The van der Waals surface area contributed by atoms with Gasteiger partial charge in [0, 0.05) is 17.4 Å². The third-order valence-electron chi connectivity index (χ3n) is 1.90. The predicted molar refractivity (Wildman–Crippen MR) is 57.2 cm³/mol. The van der Waals surface area contributed by atoms with Crippen LogP contribution in [-0.4, -0.2) is 9.97 Å². The number of hydrogen-bond donors (Lipinski definition) is 0. The van der Waals surface area contributed by atoms with Crippen LogP contribution in [0.2, 0.25) is 5.02 Å². The van der Waals surface area contributed by atoms with E-state index in [2.05, 4.69) is 9.97 Å². The summed E-state index contributed by atoms with van der Waals surface area (Å²) in [4.78, 5) is 8.43. The minimum atomic E-state index is 0.679. The van der Waals surface area contributed by atoms with E-state index in [0.29, 0.717) is 5.02 Å². The van der Waals surface area contributed by atoms with Gasteiger partial charge < -0.3 is 0 Å². The van der Waals surface area contributed by atoms with Crippen molar-refractivity contribution >= 4 is 11.6 Å². The van der Waals surface area contributed by atoms with E-state index in [1.165, 1.54) is 0 Å². The molecule has 0 fully saturated rings. The molecule has 3 heteroatoms. The molecule has 2 rings (SSSR count). The van der Waals surface area contributed by atoms with Crippen LogP contribution in [0.15, 0.2) is 36.7 Å². The average molecular weight is 205 g/mol. The fourth-order valence-electron chi connectivity index (χ4n) is 1.22. The summed E-state index contributed by atoms with van der Waals surface area (Å²) in [6.45, 7) is 2.02. The van der Waals surface area contributed by atoms with Crippen molar-refractivity contribution in [2.45, 2.75) is 6.92 Å². The Hall–Kier alpha value is -1.41. The van der Waals surface area contributed by atoms with Gasteiger partial charge in [-0.3, -0.25) is 9.97 Å². The topological polar surface area (TPSA) is 25.8 Å². The summed E-state index contributed by atoms with van der Waals surface area (Å²) in [5.41, 5.74) is 2.82. The maximum Gasteiger partial charge on any atom is 0.0901 e. The molecule has 0 aromatic carbocycles. The van der Waals surface area contributed by atoms with Crippen molar-refractivity contribution in [1.82, 2.24) is 9.97 Å². The molecule has 0 saturated heterocycles. The predicted octanol–water partition coefficient (Wildman–Crippen LogP) is 3.11. The lowest BCUT2D eigenvalue weighted by Gasteiger charge is -2.00. The van der Waals surface area contributed by atoms with E-state index >= 15 is 0 Å². The first kappa shape index (κ1) is 9.16. The highest BCUT2D eigenvalue weighted by atomic mass is 35.5. The van der Waals surface area contributed by atoms with Crippen molar-refractivity contribution in [2.75, 3.05) is 0 Å². The van der Waals surface area contributed by atoms with Crippen LogP contribution in [-0.2, 0) is 0 Å². The van der Waals surface area contributed by atoms with Gasteiger partial charge in [-0.1, -0.05) is 11.6 Å². The van der Waals surface area contributed by atoms with Crippen LogP contribution < -0.4 is 0 Å². The lowest BCUT2D eigenvalue weighted by Crippen LogP contribution is -1.87. The zero-order chi connectivity index (χ0) is 9.97. The fraction of sp³-hybridized carbons (Fsp3) is 0.0909. The van der Waals surface area contributed by atoms with Crippen molar-refractivity contribution in [1.29, 1.82) is 0 Å². The SMILES string of the molecule is Cc1ccnc(-c2cc(Cl)ccn2)c1. The molecule has 2 aromatic heterocycles. The van der Waals surface area contributed by atoms with Gasteiger partial charge in [0.05, 0.1) is 11.4 Å². The summed E-state index contributed by atoms with van der Waals surface area (Å²) in [6.07, 6.45) is 3.45. The first-order valence-corrected chi connectivity index (χ1v) is 4.68. The third-order valence-corrected chi connectivity index (χ3v) is 2.13. The van der Waals surface area contributed by atoms with Crippen LogP contribution in [0.5, 0.6) is 0 Å². The molecule has 0 unspecified atom stereocenters. The molecular formula is C11H9ClN2. The Morgan fingerprint density at radius 3 is 2.29 bits per heavy atom. The van der Waals surface area contributed by atoms with E-state index in [1.807, 2.05) is 25.1 Å². The van der Waals surface area contributed by atoms with Crippen molar-refractivity contribution < 1.29 is 0 Å². The molecule has 2 aromatic rings. The molecule has 2 heterocycles. The molecule has 0 bridgehead atoms. The maximum atomic E-state index is 5.87. The molecule has 14 heavy (non-hydrogen) atoms. The van der Waals surface area contributed by atoms with Crippen LogP contribution in [0, 0.1) is 6.92 Å². The standard InChI is InChI=1S/C11H9ClN2/c1-8-2-4-13-10(6-8)11-7-9(12)3-5-14-11/h2-7H,1H3.